The van der Waals surface area contributed by atoms with Crippen molar-refractivity contribution >= 4 is 39.2 Å². The third-order valence-electron chi connectivity index (χ3n) is 3.70. The number of hydrogen-bond donors (Lipinski definition) is 4. The average Bonchev–Trinajstić information content (AvgIpc) is 3.25. The minimum atomic E-state index is 0.367. The highest BCUT2D eigenvalue weighted by Crippen LogP contribution is 2.27. The fraction of sp³-hybridized carbons (Fsp3) is 0.214. The Labute approximate surface area is 141 Å². The Morgan fingerprint density at radius 1 is 1.24 bits per heavy atom. The maximum atomic E-state index is 7.00. The van der Waals surface area contributed by atoms with Gasteiger partial charge in [0, 0.05) is 25.5 Å². The van der Waals surface area contributed by atoms with E-state index in [0.717, 1.165) is 23.5 Å². The molecule has 0 saturated carbocycles. The molecule has 0 unspecified atom stereocenters. The zero-order valence-electron chi connectivity index (χ0n) is 13.4. The molecule has 0 radical (unpaired) electrons. The number of nitrogens with two attached hydrogens (primary N) is 2. The highest BCUT2D eigenvalue weighted by atomic mass is 16.6. The van der Waals surface area contributed by atoms with Gasteiger partial charge in [-0.25, -0.2) is 20.4 Å². The first-order valence-electron chi connectivity index (χ1n) is 7.37. The maximum absolute atomic E-state index is 7.00. The normalized spacial score (nSPS) is 11.7. The molecule has 11 nitrogen and oxygen atoms in total. The summed E-state index contributed by atoms with van der Waals surface area (Å²) in [5.41, 5.74) is 5.67. The summed E-state index contributed by atoms with van der Waals surface area (Å²) < 4.78 is 6.72. The molecule has 3 heterocycles. The number of aromatic nitrogens is 5. The Morgan fingerprint density at radius 3 is 2.68 bits per heavy atom. The molecule has 0 saturated heterocycles. The third kappa shape index (κ3) is 2.81. The van der Waals surface area contributed by atoms with Crippen LogP contribution in [-0.4, -0.2) is 42.9 Å². The van der Waals surface area contributed by atoms with Gasteiger partial charge >= 0.3 is 0 Å². The third-order valence-corrected chi connectivity index (χ3v) is 3.70. The summed E-state index contributed by atoms with van der Waals surface area (Å²) in [5, 5.41) is 19.1. The molecule has 0 aliphatic carbocycles. The number of fused-ring (bicyclic) bond motifs is 4. The Kier molecular flexibility index (Phi) is 4.68. The molecule has 0 atom stereocenters. The van der Waals surface area contributed by atoms with Gasteiger partial charge in [0.1, 0.15) is 11.4 Å². The van der Waals surface area contributed by atoms with Crippen molar-refractivity contribution in [2.45, 2.75) is 13.0 Å². The van der Waals surface area contributed by atoms with E-state index in [9.17, 15) is 0 Å². The summed E-state index contributed by atoms with van der Waals surface area (Å²) >= 11 is 0. The lowest BCUT2D eigenvalue weighted by atomic mass is 10.2. The summed E-state index contributed by atoms with van der Waals surface area (Å²) in [6.07, 6.45) is 0.525. The smallest absolute Gasteiger partial charge is 0.245 e. The van der Waals surface area contributed by atoms with Crippen molar-refractivity contribution in [1.82, 2.24) is 30.3 Å². The number of aryl methyl sites for hydroxylation is 1. The number of nitrogens with one attached hydrogen (secondary N) is 1. The number of amidine groups is 1. The van der Waals surface area contributed by atoms with Crippen LogP contribution in [-0.2, 0) is 6.54 Å². The first kappa shape index (κ1) is 16.5. The minimum Gasteiger partial charge on any atom is -0.400 e. The van der Waals surface area contributed by atoms with Crippen LogP contribution in [0.1, 0.15) is 6.42 Å². The molecule has 0 bridgehead atoms. The summed E-state index contributed by atoms with van der Waals surface area (Å²) in [4.78, 5) is 9.02. The summed E-state index contributed by atoms with van der Waals surface area (Å²) in [6.45, 7) is 0.579. The monoisotopic (exact) mass is 343 g/mol. The van der Waals surface area contributed by atoms with Gasteiger partial charge in [-0.2, -0.15) is 5.10 Å². The van der Waals surface area contributed by atoms with Crippen LogP contribution in [0.4, 0.5) is 0 Å². The molecule has 0 aliphatic heterocycles. The molecule has 6 N–H and O–H groups in total. The van der Waals surface area contributed by atoms with Gasteiger partial charge in [0.05, 0.1) is 5.52 Å². The van der Waals surface area contributed by atoms with Crippen LogP contribution in [0.2, 0.25) is 0 Å². The van der Waals surface area contributed by atoms with Gasteiger partial charge in [0.25, 0.3) is 0 Å². The van der Waals surface area contributed by atoms with Crippen LogP contribution in [0.3, 0.4) is 0 Å². The number of aliphatic hydroxyl groups excluding tert-OH is 1. The number of rotatable bonds is 3. The highest BCUT2D eigenvalue weighted by molar-refractivity contribution is 6.05. The summed E-state index contributed by atoms with van der Waals surface area (Å²) in [5.74, 6) is 11.2. The van der Waals surface area contributed by atoms with E-state index >= 15 is 0 Å². The Morgan fingerprint density at radius 2 is 1.96 bits per heavy atom. The van der Waals surface area contributed by atoms with E-state index in [1.807, 2.05) is 28.8 Å². The average molecular weight is 343 g/mol. The van der Waals surface area contributed by atoms with E-state index in [2.05, 4.69) is 30.8 Å². The molecule has 0 amide bonds. The van der Waals surface area contributed by atoms with E-state index < -0.39 is 0 Å². The molecule has 4 aromatic rings. The van der Waals surface area contributed by atoms with Gasteiger partial charge in [-0.05, 0) is 16.4 Å². The van der Waals surface area contributed by atoms with E-state index in [-0.39, 0.29) is 0 Å². The predicted octanol–water partition coefficient (Wildman–Crippen LogP) is -0.145. The van der Waals surface area contributed by atoms with Gasteiger partial charge in [-0.3, -0.25) is 0 Å². The number of hydrazone groups is 1. The second kappa shape index (κ2) is 7.07. The molecule has 130 valence electrons. The van der Waals surface area contributed by atoms with Gasteiger partial charge < -0.3 is 20.9 Å². The largest absolute Gasteiger partial charge is 0.400 e. The van der Waals surface area contributed by atoms with E-state index in [4.69, 9.17) is 21.4 Å². The van der Waals surface area contributed by atoms with Crippen LogP contribution in [0.25, 0.3) is 33.4 Å². The summed E-state index contributed by atoms with van der Waals surface area (Å²) in [6, 6.07) is 7.90. The van der Waals surface area contributed by atoms with Crippen LogP contribution in [0.15, 0.2) is 34.0 Å². The van der Waals surface area contributed by atoms with Crippen molar-refractivity contribution in [3.63, 3.8) is 0 Å². The minimum absolute atomic E-state index is 0.367. The molecule has 0 aliphatic rings. The fourth-order valence-electron chi connectivity index (χ4n) is 2.64. The number of aliphatic hydroxyl groups is 1. The molecule has 1 aromatic carbocycles. The standard InChI is InChI=1S/C13H13N9O.CH4O/c14-18-9(19-15)5-6-22-8-4-2-1-3-7(8)10-13(22)17-12-11(16-10)20-23-21-12;1-2/h1-4H,5-6,14-15H2,(H,18,19);2H,1H3. The Balaban J connectivity index is 0.000000880. The predicted molar refractivity (Wildman–Crippen MR) is 92.1 cm³/mol. The number of hydrogen-bond acceptors (Lipinski definition) is 9. The zero-order valence-corrected chi connectivity index (χ0v) is 13.4. The second-order valence-corrected chi connectivity index (χ2v) is 4.95. The van der Waals surface area contributed by atoms with Gasteiger partial charge in [0.15, 0.2) is 5.65 Å². The van der Waals surface area contributed by atoms with Crippen molar-refractivity contribution in [2.75, 3.05) is 7.11 Å². The molecular formula is C14H17N9O2. The van der Waals surface area contributed by atoms with Crippen molar-refractivity contribution < 1.29 is 9.74 Å². The number of nitrogens with zero attached hydrogens (tertiary/aromatic N) is 6. The van der Waals surface area contributed by atoms with Gasteiger partial charge in [-0.15, -0.1) is 0 Å². The van der Waals surface area contributed by atoms with Crippen LogP contribution >= 0.6 is 0 Å². The van der Waals surface area contributed by atoms with Crippen LogP contribution < -0.4 is 17.1 Å². The SMILES string of the molecule is CO.N/N=C(/CCn1c2ccccc2c2nc3nonc3nc21)NN. The lowest BCUT2D eigenvalue weighted by Gasteiger charge is -2.07. The molecule has 0 fully saturated rings. The molecule has 4 rings (SSSR count). The van der Waals surface area contributed by atoms with Crippen molar-refractivity contribution in [3.05, 3.63) is 24.3 Å². The number of para-hydroxylation sites is 1. The number of benzene rings is 1. The van der Waals surface area contributed by atoms with E-state index in [0.29, 0.717) is 35.7 Å². The molecule has 25 heavy (non-hydrogen) atoms. The quantitative estimate of drug-likeness (QED) is 0.171. The van der Waals surface area contributed by atoms with E-state index in [1.165, 1.54) is 0 Å². The molecule has 0 spiro atoms. The van der Waals surface area contributed by atoms with Gasteiger partial charge in [-0.1, -0.05) is 18.2 Å². The first-order chi connectivity index (χ1) is 12.3. The fourth-order valence-corrected chi connectivity index (χ4v) is 2.64. The summed E-state index contributed by atoms with van der Waals surface area (Å²) in [7, 11) is 1.00. The highest BCUT2D eigenvalue weighted by Gasteiger charge is 2.16. The van der Waals surface area contributed by atoms with Gasteiger partial charge in [0.2, 0.25) is 11.3 Å². The Hall–Kier alpha value is -3.31. The lowest BCUT2D eigenvalue weighted by Crippen LogP contribution is -2.32. The van der Waals surface area contributed by atoms with Crippen molar-refractivity contribution in [2.24, 2.45) is 16.8 Å². The Bertz CT molecular complexity index is 1040. The molecule has 3 aromatic heterocycles. The number of hydrazine groups is 1. The second-order valence-electron chi connectivity index (χ2n) is 4.95. The maximum Gasteiger partial charge on any atom is 0.245 e. The first-order valence-corrected chi connectivity index (χ1v) is 7.37. The zero-order chi connectivity index (χ0) is 17.8. The van der Waals surface area contributed by atoms with Crippen LogP contribution in [0.5, 0.6) is 0 Å². The molecular weight excluding hydrogens is 326 g/mol. The molecule has 11 heteroatoms. The van der Waals surface area contributed by atoms with Crippen molar-refractivity contribution in [3.8, 4) is 0 Å². The van der Waals surface area contributed by atoms with Crippen LogP contribution in [0, 0.1) is 0 Å². The van der Waals surface area contributed by atoms with Crippen molar-refractivity contribution in [1.29, 1.82) is 0 Å². The lowest BCUT2D eigenvalue weighted by molar-refractivity contribution is 0.314. The topological polar surface area (TPSA) is 166 Å². The van der Waals surface area contributed by atoms with E-state index in [1.54, 1.807) is 0 Å².